The summed E-state index contributed by atoms with van der Waals surface area (Å²) in [5.41, 5.74) is 1.42. The lowest BCUT2D eigenvalue weighted by molar-refractivity contribution is 0.0947. The van der Waals surface area contributed by atoms with Crippen LogP contribution in [0.2, 0.25) is 0 Å². The molecule has 1 heterocycles. The van der Waals surface area contributed by atoms with Gasteiger partial charge in [0.25, 0.3) is 5.91 Å². The molecule has 0 bridgehead atoms. The summed E-state index contributed by atoms with van der Waals surface area (Å²) in [6.07, 6.45) is 0. The molecular weight excluding hydrogens is 308 g/mol. The quantitative estimate of drug-likeness (QED) is 0.726. The predicted molar refractivity (Wildman–Crippen MR) is 80.5 cm³/mol. The number of H-pyrrole nitrogens is 1. The maximum absolute atomic E-state index is 12.0. The minimum atomic E-state index is -0.161. The predicted octanol–water partition coefficient (Wildman–Crippen LogP) is 2.41. The lowest BCUT2D eigenvalue weighted by Crippen LogP contribution is -2.41. The third-order valence-electron chi connectivity index (χ3n) is 2.59. The monoisotopic (exact) mass is 330 g/mol. The highest BCUT2D eigenvalue weighted by Gasteiger charge is 2.18. The van der Waals surface area contributed by atoms with E-state index in [1.165, 1.54) is 0 Å². The number of carbonyl (C=O) groups is 1. The fourth-order valence-corrected chi connectivity index (χ4v) is 2.39. The Bertz CT molecular complexity index is 434. The van der Waals surface area contributed by atoms with Crippen LogP contribution in [0.4, 0.5) is 0 Å². The minimum Gasteiger partial charge on any atom is -0.349 e. The van der Waals surface area contributed by atoms with Gasteiger partial charge in [0.05, 0.1) is 10.2 Å². The van der Waals surface area contributed by atoms with Gasteiger partial charge in [-0.2, -0.15) is 5.10 Å². The fraction of sp³-hybridized carbons (Fsp3) is 0.692. The standard InChI is InChI=1S/C13H23BrN4O/c1-8(2)10-9(14)11(18-17-10)12(19)15-6-7-16-13(3,4)5/h8,16H,6-7H2,1-5H3,(H,15,19)(H,17,18). The van der Waals surface area contributed by atoms with Crippen LogP contribution in [0.15, 0.2) is 4.47 Å². The average molecular weight is 331 g/mol. The zero-order valence-corrected chi connectivity index (χ0v) is 13.8. The van der Waals surface area contributed by atoms with Crippen LogP contribution < -0.4 is 10.6 Å². The number of aromatic nitrogens is 2. The van der Waals surface area contributed by atoms with Crippen LogP contribution in [-0.2, 0) is 0 Å². The van der Waals surface area contributed by atoms with Gasteiger partial charge in [0, 0.05) is 18.6 Å². The smallest absolute Gasteiger partial charge is 0.273 e. The molecule has 0 saturated heterocycles. The van der Waals surface area contributed by atoms with Crippen molar-refractivity contribution in [2.75, 3.05) is 13.1 Å². The zero-order chi connectivity index (χ0) is 14.6. The van der Waals surface area contributed by atoms with Gasteiger partial charge < -0.3 is 10.6 Å². The Morgan fingerprint density at radius 1 is 1.37 bits per heavy atom. The molecule has 0 aliphatic heterocycles. The SMILES string of the molecule is CC(C)c1[nH]nc(C(=O)NCCNC(C)(C)C)c1Br. The molecule has 108 valence electrons. The molecule has 3 N–H and O–H groups in total. The first-order valence-electron chi connectivity index (χ1n) is 6.49. The largest absolute Gasteiger partial charge is 0.349 e. The van der Waals surface area contributed by atoms with Crippen LogP contribution in [0, 0.1) is 0 Å². The van der Waals surface area contributed by atoms with Crippen LogP contribution >= 0.6 is 15.9 Å². The van der Waals surface area contributed by atoms with E-state index in [1.807, 2.05) is 13.8 Å². The van der Waals surface area contributed by atoms with Crippen LogP contribution in [-0.4, -0.2) is 34.7 Å². The third-order valence-corrected chi connectivity index (χ3v) is 3.39. The van der Waals surface area contributed by atoms with Gasteiger partial charge in [0.1, 0.15) is 0 Å². The molecule has 0 aliphatic rings. The van der Waals surface area contributed by atoms with Crippen LogP contribution in [0.3, 0.4) is 0 Å². The van der Waals surface area contributed by atoms with Crippen molar-refractivity contribution < 1.29 is 4.79 Å². The van der Waals surface area contributed by atoms with Gasteiger partial charge in [-0.1, -0.05) is 13.8 Å². The number of amides is 1. The number of hydrogen-bond acceptors (Lipinski definition) is 3. The van der Waals surface area contributed by atoms with E-state index in [1.54, 1.807) is 0 Å². The normalized spacial score (nSPS) is 11.9. The number of halogens is 1. The van der Waals surface area contributed by atoms with E-state index in [4.69, 9.17) is 0 Å². The van der Waals surface area contributed by atoms with E-state index in [0.29, 0.717) is 18.2 Å². The van der Waals surface area contributed by atoms with Crippen molar-refractivity contribution in [2.24, 2.45) is 0 Å². The van der Waals surface area contributed by atoms with E-state index in [2.05, 4.69) is 57.5 Å². The molecule has 0 fully saturated rings. The lowest BCUT2D eigenvalue weighted by Gasteiger charge is -2.20. The van der Waals surface area contributed by atoms with Gasteiger partial charge in [-0.05, 0) is 42.6 Å². The Kier molecular flexibility index (Phi) is 5.55. The second-order valence-corrected chi connectivity index (χ2v) is 6.68. The van der Waals surface area contributed by atoms with Crippen molar-refractivity contribution in [1.82, 2.24) is 20.8 Å². The fourth-order valence-electron chi connectivity index (χ4n) is 1.57. The molecule has 1 amide bonds. The van der Waals surface area contributed by atoms with E-state index in [9.17, 15) is 4.79 Å². The van der Waals surface area contributed by atoms with Gasteiger partial charge in [0.15, 0.2) is 5.69 Å². The molecule has 0 unspecified atom stereocenters. The van der Waals surface area contributed by atoms with Gasteiger partial charge in [-0.25, -0.2) is 0 Å². The number of nitrogens with one attached hydrogen (secondary N) is 3. The number of rotatable bonds is 5. The van der Waals surface area contributed by atoms with Crippen molar-refractivity contribution in [3.8, 4) is 0 Å². The molecule has 1 aromatic rings. The van der Waals surface area contributed by atoms with Crippen LogP contribution in [0.1, 0.15) is 56.7 Å². The molecule has 6 heteroatoms. The topological polar surface area (TPSA) is 69.8 Å². The average Bonchev–Trinajstić information content (AvgIpc) is 2.65. The summed E-state index contributed by atoms with van der Waals surface area (Å²) in [7, 11) is 0. The number of hydrogen-bond donors (Lipinski definition) is 3. The van der Waals surface area contributed by atoms with E-state index < -0.39 is 0 Å². The van der Waals surface area contributed by atoms with Crippen LogP contribution in [0.5, 0.6) is 0 Å². The number of carbonyl (C=O) groups excluding carboxylic acids is 1. The van der Waals surface area contributed by atoms with Gasteiger partial charge in [-0.15, -0.1) is 0 Å². The molecule has 0 aliphatic carbocycles. The highest BCUT2D eigenvalue weighted by atomic mass is 79.9. The van der Waals surface area contributed by atoms with Crippen LogP contribution in [0.25, 0.3) is 0 Å². The third kappa shape index (κ3) is 4.95. The van der Waals surface area contributed by atoms with E-state index in [-0.39, 0.29) is 11.4 Å². The molecular formula is C13H23BrN4O. The Morgan fingerprint density at radius 3 is 2.47 bits per heavy atom. The van der Waals surface area contributed by atoms with Crippen molar-refractivity contribution in [3.63, 3.8) is 0 Å². The lowest BCUT2D eigenvalue weighted by atomic mass is 10.1. The number of nitrogens with zero attached hydrogens (tertiary/aromatic N) is 1. The first-order valence-corrected chi connectivity index (χ1v) is 7.28. The summed E-state index contributed by atoms with van der Waals surface area (Å²) in [6.45, 7) is 11.7. The van der Waals surface area contributed by atoms with Gasteiger partial charge in [0.2, 0.25) is 0 Å². The first-order chi connectivity index (χ1) is 8.72. The highest BCUT2D eigenvalue weighted by Crippen LogP contribution is 2.25. The molecule has 0 saturated carbocycles. The molecule has 0 aromatic carbocycles. The molecule has 0 atom stereocenters. The summed E-state index contributed by atoms with van der Waals surface area (Å²) in [5, 5.41) is 13.1. The molecule has 1 rings (SSSR count). The highest BCUT2D eigenvalue weighted by molar-refractivity contribution is 9.10. The Labute approximate surface area is 123 Å². The maximum atomic E-state index is 12.0. The molecule has 0 spiro atoms. The second-order valence-electron chi connectivity index (χ2n) is 5.89. The van der Waals surface area contributed by atoms with E-state index in [0.717, 1.165) is 16.7 Å². The van der Waals surface area contributed by atoms with E-state index >= 15 is 0 Å². The van der Waals surface area contributed by atoms with Crippen molar-refractivity contribution in [3.05, 3.63) is 15.9 Å². The Morgan fingerprint density at radius 2 is 2.00 bits per heavy atom. The van der Waals surface area contributed by atoms with Crippen molar-refractivity contribution in [1.29, 1.82) is 0 Å². The summed E-state index contributed by atoms with van der Waals surface area (Å²) in [6, 6.07) is 0. The molecule has 1 aromatic heterocycles. The Hall–Kier alpha value is -0.880. The summed E-state index contributed by atoms with van der Waals surface area (Å²) in [4.78, 5) is 12.0. The summed E-state index contributed by atoms with van der Waals surface area (Å²) >= 11 is 3.42. The van der Waals surface area contributed by atoms with Crippen molar-refractivity contribution >= 4 is 21.8 Å². The molecule has 0 radical (unpaired) electrons. The Balaban J connectivity index is 2.51. The maximum Gasteiger partial charge on any atom is 0.273 e. The zero-order valence-electron chi connectivity index (χ0n) is 12.2. The minimum absolute atomic E-state index is 0.0580. The molecule has 19 heavy (non-hydrogen) atoms. The van der Waals surface area contributed by atoms with Crippen molar-refractivity contribution in [2.45, 2.75) is 46.1 Å². The van der Waals surface area contributed by atoms with Gasteiger partial charge in [-0.3, -0.25) is 9.89 Å². The first kappa shape index (κ1) is 16.2. The molecule has 5 nitrogen and oxygen atoms in total. The van der Waals surface area contributed by atoms with Gasteiger partial charge >= 0.3 is 0 Å². The summed E-state index contributed by atoms with van der Waals surface area (Å²) < 4.78 is 0.754. The number of aromatic amines is 1. The second kappa shape index (κ2) is 6.52. The summed E-state index contributed by atoms with van der Waals surface area (Å²) in [5.74, 6) is 0.136.